The molecule has 2 aromatic heterocycles. The van der Waals surface area contributed by atoms with Gasteiger partial charge in [0, 0.05) is 16.1 Å². The van der Waals surface area contributed by atoms with E-state index in [1.807, 2.05) is 18.2 Å². The topological polar surface area (TPSA) is 86.3 Å². The molecule has 0 unspecified atom stereocenters. The molecule has 0 spiro atoms. The second-order valence-electron chi connectivity index (χ2n) is 11.5. The van der Waals surface area contributed by atoms with Gasteiger partial charge in [0.25, 0.3) is 11.5 Å². The van der Waals surface area contributed by atoms with Gasteiger partial charge in [-0.05, 0) is 78.1 Å². The van der Waals surface area contributed by atoms with Gasteiger partial charge in [-0.25, -0.2) is 4.98 Å². The average molecular weight is 616 g/mol. The van der Waals surface area contributed by atoms with E-state index in [0.29, 0.717) is 29.9 Å². The van der Waals surface area contributed by atoms with Crippen molar-refractivity contribution in [1.29, 1.82) is 0 Å². The Morgan fingerprint density at radius 3 is 2.59 bits per heavy atom. The first-order valence-corrected chi connectivity index (χ1v) is 15.3. The van der Waals surface area contributed by atoms with Crippen molar-refractivity contribution in [2.75, 3.05) is 6.54 Å². The number of nitrogens with one attached hydrogen (secondary N) is 1. The number of benzene rings is 3. The lowest BCUT2D eigenvalue weighted by atomic mass is 9.92. The Kier molecular flexibility index (Phi) is 6.93. The van der Waals surface area contributed by atoms with Gasteiger partial charge in [0.1, 0.15) is 5.82 Å². The highest BCUT2D eigenvalue weighted by molar-refractivity contribution is 7.22. The zero-order valence-electron chi connectivity index (χ0n) is 23.5. The predicted octanol–water partition coefficient (Wildman–Crippen LogP) is 6.76. The number of rotatable bonds is 5. The van der Waals surface area contributed by atoms with E-state index in [1.54, 1.807) is 11.3 Å². The number of hydrogen-bond donors (Lipinski definition) is 2. The normalized spacial score (nSPS) is 16.8. The molecule has 1 aliphatic carbocycles. The van der Waals surface area contributed by atoms with Gasteiger partial charge in [-0.15, -0.1) is 11.3 Å². The first kappa shape index (κ1) is 28.5. The quantitative estimate of drug-likeness (QED) is 0.229. The van der Waals surface area contributed by atoms with Crippen LogP contribution < -0.4 is 5.56 Å². The molecular formula is C34H28F3N3O3S. The molecule has 0 bridgehead atoms. The molecular weight excluding hydrogens is 587 g/mol. The van der Waals surface area contributed by atoms with Crippen molar-refractivity contribution in [2.24, 2.45) is 0 Å². The molecule has 1 saturated carbocycles. The molecule has 5 aromatic rings. The second-order valence-corrected chi connectivity index (χ2v) is 12.6. The van der Waals surface area contributed by atoms with Crippen molar-refractivity contribution in [3.63, 3.8) is 0 Å². The van der Waals surface area contributed by atoms with Crippen LogP contribution in [0.3, 0.4) is 0 Å². The molecule has 2 aliphatic rings. The molecule has 2 N–H and O–H groups in total. The van der Waals surface area contributed by atoms with Crippen LogP contribution >= 0.6 is 11.3 Å². The van der Waals surface area contributed by atoms with E-state index in [4.69, 9.17) is 4.98 Å². The van der Waals surface area contributed by atoms with Crippen LogP contribution in [0, 0.1) is 0 Å². The van der Waals surface area contributed by atoms with Crippen LogP contribution in [0.1, 0.15) is 59.1 Å². The number of carbonyl (C=O) groups is 1. The summed E-state index contributed by atoms with van der Waals surface area (Å²) in [5.74, 6) is -0.143. The molecule has 6 nitrogen and oxygen atoms in total. The Labute approximate surface area is 254 Å². The summed E-state index contributed by atoms with van der Waals surface area (Å²) in [6.45, 7) is 0.156. The number of halogens is 3. The van der Waals surface area contributed by atoms with Gasteiger partial charge in [-0.3, -0.25) is 9.59 Å². The number of amides is 1. The lowest BCUT2D eigenvalue weighted by Gasteiger charge is -2.24. The van der Waals surface area contributed by atoms with E-state index in [0.717, 1.165) is 42.2 Å². The molecule has 0 radical (unpaired) electrons. The van der Waals surface area contributed by atoms with E-state index >= 15 is 0 Å². The van der Waals surface area contributed by atoms with E-state index in [1.165, 1.54) is 25.9 Å². The fourth-order valence-electron chi connectivity index (χ4n) is 6.12. The van der Waals surface area contributed by atoms with Crippen molar-refractivity contribution in [3.05, 3.63) is 123 Å². The van der Waals surface area contributed by atoms with Gasteiger partial charge in [-0.1, -0.05) is 48.5 Å². The van der Waals surface area contributed by atoms with E-state index in [9.17, 15) is 27.9 Å². The summed E-state index contributed by atoms with van der Waals surface area (Å²) >= 11 is 1.74. The predicted molar refractivity (Wildman–Crippen MR) is 162 cm³/mol. The Hall–Kier alpha value is -4.28. The number of carbonyl (C=O) groups excluding carboxylic acids is 1. The minimum absolute atomic E-state index is 0.0821. The molecule has 1 amide bonds. The SMILES string of the molecule is O=C([C@H](O)c1cccc(C(F)(F)F)c1)N1CCCc2nc(C3(c4cccc(-c5cc6ccccc6s5)c4)CC3)[nH]c(=O)c2C1. The van der Waals surface area contributed by atoms with Crippen LogP contribution in [0.25, 0.3) is 20.5 Å². The van der Waals surface area contributed by atoms with Crippen LogP contribution in [0.2, 0.25) is 0 Å². The zero-order valence-corrected chi connectivity index (χ0v) is 24.3. The van der Waals surface area contributed by atoms with Gasteiger partial charge in [0.05, 0.1) is 28.8 Å². The van der Waals surface area contributed by atoms with Gasteiger partial charge >= 0.3 is 6.18 Å². The molecule has 1 fully saturated rings. The van der Waals surface area contributed by atoms with Crippen molar-refractivity contribution < 1.29 is 23.1 Å². The third-order valence-electron chi connectivity index (χ3n) is 8.70. The van der Waals surface area contributed by atoms with Gasteiger partial charge in [0.15, 0.2) is 6.10 Å². The van der Waals surface area contributed by atoms with Crippen LogP contribution in [0.4, 0.5) is 13.2 Å². The Morgan fingerprint density at radius 1 is 1.02 bits per heavy atom. The summed E-state index contributed by atoms with van der Waals surface area (Å²) in [7, 11) is 0. The van der Waals surface area contributed by atoms with Crippen LogP contribution in [0.5, 0.6) is 0 Å². The fraction of sp³-hybridized carbons (Fsp3) is 0.265. The highest BCUT2D eigenvalue weighted by atomic mass is 32.1. The number of aromatic nitrogens is 2. The summed E-state index contributed by atoms with van der Waals surface area (Å²) in [4.78, 5) is 37.1. The summed E-state index contributed by atoms with van der Waals surface area (Å²) < 4.78 is 40.8. The molecule has 1 aliphatic heterocycles. The third kappa shape index (κ3) is 5.11. The monoisotopic (exact) mass is 615 g/mol. The van der Waals surface area contributed by atoms with Crippen LogP contribution in [-0.2, 0) is 29.4 Å². The highest BCUT2D eigenvalue weighted by Crippen LogP contribution is 2.53. The average Bonchev–Trinajstić information content (AvgIpc) is 3.77. The Balaban J connectivity index is 1.15. The number of hydrogen-bond acceptors (Lipinski definition) is 5. The highest BCUT2D eigenvalue weighted by Gasteiger charge is 2.49. The van der Waals surface area contributed by atoms with Crippen molar-refractivity contribution in [3.8, 4) is 10.4 Å². The van der Waals surface area contributed by atoms with Crippen molar-refractivity contribution in [2.45, 2.75) is 49.9 Å². The van der Waals surface area contributed by atoms with Crippen molar-refractivity contribution >= 4 is 27.3 Å². The van der Waals surface area contributed by atoms with Crippen molar-refractivity contribution in [1.82, 2.24) is 14.9 Å². The standard InChI is InChI=1S/C34H28F3N3O3S/c35-34(36,37)24-10-4-8-22(17-24)29(41)31(43)40-15-5-11-26-25(19-40)30(42)39-32(38-26)33(13-14-33)23-9-3-7-20(16-23)28-18-21-6-1-2-12-27(21)44-28/h1-4,6-10,12,16-18,29,41H,5,11,13-15,19H2,(H,38,39,42)/t29-/m1/s1. The summed E-state index contributed by atoms with van der Waals surface area (Å²) in [5.41, 5.74) is 1.31. The summed E-state index contributed by atoms with van der Waals surface area (Å²) in [6.07, 6.45) is -3.73. The summed E-state index contributed by atoms with van der Waals surface area (Å²) in [5, 5.41) is 11.9. The second kappa shape index (κ2) is 10.7. The third-order valence-corrected chi connectivity index (χ3v) is 9.86. The number of alkyl halides is 3. The smallest absolute Gasteiger partial charge is 0.378 e. The maximum Gasteiger partial charge on any atom is 0.416 e. The number of aliphatic hydroxyl groups is 1. The van der Waals surface area contributed by atoms with Gasteiger partial charge < -0.3 is 15.0 Å². The molecule has 1 atom stereocenters. The molecule has 7 rings (SSSR count). The lowest BCUT2D eigenvalue weighted by Crippen LogP contribution is -2.36. The maximum absolute atomic E-state index is 13.5. The largest absolute Gasteiger partial charge is 0.416 e. The van der Waals surface area contributed by atoms with E-state index in [-0.39, 0.29) is 24.2 Å². The number of fused-ring (bicyclic) bond motifs is 2. The molecule has 10 heteroatoms. The molecule has 44 heavy (non-hydrogen) atoms. The molecule has 224 valence electrons. The first-order chi connectivity index (χ1) is 21.1. The van der Waals surface area contributed by atoms with Gasteiger partial charge in [-0.2, -0.15) is 13.2 Å². The van der Waals surface area contributed by atoms with E-state index < -0.39 is 29.2 Å². The number of H-pyrrole nitrogens is 1. The lowest BCUT2D eigenvalue weighted by molar-refractivity contribution is -0.142. The van der Waals surface area contributed by atoms with Crippen LogP contribution in [0.15, 0.2) is 83.7 Å². The van der Waals surface area contributed by atoms with Crippen LogP contribution in [-0.4, -0.2) is 32.4 Å². The first-order valence-electron chi connectivity index (χ1n) is 14.5. The molecule has 3 aromatic carbocycles. The number of aryl methyl sites for hydroxylation is 1. The number of nitrogens with zero attached hydrogens (tertiary/aromatic N) is 2. The van der Waals surface area contributed by atoms with E-state index in [2.05, 4.69) is 41.4 Å². The summed E-state index contributed by atoms with van der Waals surface area (Å²) in [6, 6.07) is 23.0. The molecule has 3 heterocycles. The van der Waals surface area contributed by atoms with Gasteiger partial charge in [0.2, 0.25) is 0 Å². The Bertz CT molecular complexity index is 1930. The number of thiophene rings is 1. The maximum atomic E-state index is 13.5. The number of aliphatic hydroxyl groups excluding tert-OH is 1. The minimum Gasteiger partial charge on any atom is -0.378 e. The zero-order chi connectivity index (χ0) is 30.6. The fourth-order valence-corrected chi connectivity index (χ4v) is 7.18. The number of aromatic amines is 1. The minimum atomic E-state index is -4.60. The molecule has 0 saturated heterocycles. The Morgan fingerprint density at radius 2 is 1.82 bits per heavy atom.